The Morgan fingerprint density at radius 3 is 2.06 bits per heavy atom. The van der Waals surface area contributed by atoms with Gasteiger partial charge in [-0.1, -0.05) is 37.3 Å². The lowest BCUT2D eigenvalue weighted by atomic mass is 10.1. The molecule has 0 aliphatic carbocycles. The van der Waals surface area contributed by atoms with Gasteiger partial charge in [0.25, 0.3) is 0 Å². The first kappa shape index (κ1) is 14.2. The third kappa shape index (κ3) is 3.82. The predicted molar refractivity (Wildman–Crippen MR) is 71.2 cm³/mol. The third-order valence-corrected chi connectivity index (χ3v) is 4.74. The Bertz CT molecular complexity index is 446. The van der Waals surface area contributed by atoms with Gasteiger partial charge in [0.2, 0.25) is 10.0 Å². The zero-order valence-electron chi connectivity index (χ0n) is 11.0. The number of nitrogens with zero attached hydrogens (tertiary/aromatic N) is 1. The van der Waals surface area contributed by atoms with Gasteiger partial charge in [-0.15, -0.1) is 0 Å². The molecule has 0 atom stereocenters. The molecule has 0 heterocycles. The smallest absolute Gasteiger partial charge is 0.212 e. The van der Waals surface area contributed by atoms with Gasteiger partial charge in [0.05, 0.1) is 5.75 Å². The summed E-state index contributed by atoms with van der Waals surface area (Å²) in [5.74, 6) is 0.0684. The van der Waals surface area contributed by atoms with E-state index >= 15 is 0 Å². The SMILES string of the molecule is CCN(C(C)(C)C)S(=O)(=O)Cc1ccccc1. The summed E-state index contributed by atoms with van der Waals surface area (Å²) in [7, 11) is -3.25. The van der Waals surface area contributed by atoms with Crippen molar-refractivity contribution in [3.05, 3.63) is 35.9 Å². The van der Waals surface area contributed by atoms with Crippen molar-refractivity contribution in [1.82, 2.24) is 4.31 Å². The van der Waals surface area contributed by atoms with E-state index in [-0.39, 0.29) is 11.3 Å². The Balaban J connectivity index is 2.96. The average Bonchev–Trinajstić information content (AvgIpc) is 2.16. The second-order valence-corrected chi connectivity index (χ2v) is 6.97. The van der Waals surface area contributed by atoms with E-state index in [2.05, 4.69) is 0 Å². The Hall–Kier alpha value is -0.870. The van der Waals surface area contributed by atoms with Crippen molar-refractivity contribution < 1.29 is 8.42 Å². The van der Waals surface area contributed by atoms with E-state index in [4.69, 9.17) is 0 Å². The molecule has 0 amide bonds. The molecule has 4 heteroatoms. The van der Waals surface area contributed by atoms with Gasteiger partial charge in [-0.2, -0.15) is 4.31 Å². The van der Waals surface area contributed by atoms with Crippen molar-refractivity contribution >= 4 is 10.0 Å². The van der Waals surface area contributed by atoms with E-state index in [0.29, 0.717) is 6.54 Å². The van der Waals surface area contributed by atoms with Crippen LogP contribution in [0.2, 0.25) is 0 Å². The molecule has 0 spiro atoms. The van der Waals surface area contributed by atoms with Crippen molar-refractivity contribution in [3.8, 4) is 0 Å². The first-order chi connectivity index (χ1) is 7.77. The standard InChI is InChI=1S/C13H21NO2S/c1-5-14(13(2,3)4)17(15,16)11-12-9-7-6-8-10-12/h6-10H,5,11H2,1-4H3. The number of rotatable bonds is 4. The maximum Gasteiger partial charge on any atom is 0.218 e. The molecule has 0 N–H and O–H groups in total. The summed E-state index contributed by atoms with van der Waals surface area (Å²) in [4.78, 5) is 0. The van der Waals surface area contributed by atoms with E-state index < -0.39 is 10.0 Å². The highest BCUT2D eigenvalue weighted by molar-refractivity contribution is 7.88. The molecule has 0 radical (unpaired) electrons. The monoisotopic (exact) mass is 255 g/mol. The highest BCUT2D eigenvalue weighted by Gasteiger charge is 2.30. The normalized spacial score (nSPS) is 13.0. The molecule has 96 valence electrons. The van der Waals surface area contributed by atoms with Gasteiger partial charge in [-0.3, -0.25) is 0 Å². The zero-order chi connectivity index (χ0) is 13.1. The first-order valence-corrected chi connectivity index (χ1v) is 7.42. The molecule has 0 aliphatic rings. The molecule has 0 fully saturated rings. The van der Waals surface area contributed by atoms with Crippen molar-refractivity contribution in [2.24, 2.45) is 0 Å². The summed E-state index contributed by atoms with van der Waals surface area (Å²) in [6.45, 7) is 8.11. The van der Waals surface area contributed by atoms with E-state index in [1.807, 2.05) is 58.0 Å². The summed E-state index contributed by atoms with van der Waals surface area (Å²) in [5, 5.41) is 0. The Kier molecular flexibility index (Phi) is 4.33. The molecule has 1 rings (SSSR count). The van der Waals surface area contributed by atoms with Gasteiger partial charge in [-0.05, 0) is 26.3 Å². The minimum Gasteiger partial charge on any atom is -0.212 e. The highest BCUT2D eigenvalue weighted by atomic mass is 32.2. The molecule has 0 aromatic heterocycles. The maximum atomic E-state index is 12.3. The minimum atomic E-state index is -3.25. The molecule has 0 saturated carbocycles. The van der Waals surface area contributed by atoms with E-state index in [1.54, 1.807) is 4.31 Å². The third-order valence-electron chi connectivity index (χ3n) is 2.56. The van der Waals surface area contributed by atoms with Crippen molar-refractivity contribution in [2.45, 2.75) is 39.0 Å². The summed E-state index contributed by atoms with van der Waals surface area (Å²) >= 11 is 0. The number of benzene rings is 1. The number of hydrogen-bond acceptors (Lipinski definition) is 2. The average molecular weight is 255 g/mol. The van der Waals surface area contributed by atoms with Crippen LogP contribution in [0.4, 0.5) is 0 Å². The predicted octanol–water partition coefficient (Wildman–Crippen LogP) is 2.64. The van der Waals surface area contributed by atoms with Gasteiger partial charge in [0.15, 0.2) is 0 Å². The molecular formula is C13H21NO2S. The van der Waals surface area contributed by atoms with Crippen molar-refractivity contribution in [2.75, 3.05) is 6.54 Å². The Morgan fingerprint density at radius 1 is 1.12 bits per heavy atom. The van der Waals surface area contributed by atoms with Gasteiger partial charge >= 0.3 is 0 Å². The second-order valence-electron chi connectivity index (χ2n) is 5.08. The molecule has 17 heavy (non-hydrogen) atoms. The fourth-order valence-electron chi connectivity index (χ4n) is 1.95. The van der Waals surface area contributed by atoms with Gasteiger partial charge in [-0.25, -0.2) is 8.42 Å². The largest absolute Gasteiger partial charge is 0.218 e. The van der Waals surface area contributed by atoms with Gasteiger partial charge in [0.1, 0.15) is 0 Å². The molecule has 1 aromatic carbocycles. The highest BCUT2D eigenvalue weighted by Crippen LogP contribution is 2.20. The van der Waals surface area contributed by atoms with Crippen LogP contribution in [0.1, 0.15) is 33.3 Å². The Morgan fingerprint density at radius 2 is 1.65 bits per heavy atom. The van der Waals surface area contributed by atoms with Crippen LogP contribution in [-0.4, -0.2) is 24.8 Å². The summed E-state index contributed by atoms with van der Waals surface area (Å²) in [6, 6.07) is 9.29. The lowest BCUT2D eigenvalue weighted by Crippen LogP contribution is -2.45. The van der Waals surface area contributed by atoms with Crippen LogP contribution < -0.4 is 0 Å². The van der Waals surface area contributed by atoms with Crippen LogP contribution in [-0.2, 0) is 15.8 Å². The summed E-state index contributed by atoms with van der Waals surface area (Å²) in [6.07, 6.45) is 0. The number of hydrogen-bond donors (Lipinski definition) is 0. The van der Waals surface area contributed by atoms with Crippen molar-refractivity contribution in [3.63, 3.8) is 0 Å². The molecule has 3 nitrogen and oxygen atoms in total. The van der Waals surface area contributed by atoms with Crippen LogP contribution >= 0.6 is 0 Å². The lowest BCUT2D eigenvalue weighted by Gasteiger charge is -2.33. The lowest BCUT2D eigenvalue weighted by molar-refractivity contribution is 0.259. The van der Waals surface area contributed by atoms with E-state index in [1.165, 1.54) is 0 Å². The van der Waals surface area contributed by atoms with E-state index in [9.17, 15) is 8.42 Å². The van der Waals surface area contributed by atoms with Crippen LogP contribution in [0, 0.1) is 0 Å². The molecule has 0 bridgehead atoms. The fourth-order valence-corrected chi connectivity index (χ4v) is 3.95. The first-order valence-electron chi connectivity index (χ1n) is 5.82. The van der Waals surface area contributed by atoms with E-state index in [0.717, 1.165) is 5.56 Å². The topological polar surface area (TPSA) is 37.4 Å². The van der Waals surface area contributed by atoms with Gasteiger partial charge < -0.3 is 0 Å². The molecule has 0 aliphatic heterocycles. The quantitative estimate of drug-likeness (QED) is 0.829. The van der Waals surface area contributed by atoms with Crippen LogP contribution in [0.3, 0.4) is 0 Å². The molecule has 0 saturated heterocycles. The zero-order valence-corrected chi connectivity index (χ0v) is 11.8. The van der Waals surface area contributed by atoms with Crippen LogP contribution in [0.15, 0.2) is 30.3 Å². The van der Waals surface area contributed by atoms with Gasteiger partial charge in [0, 0.05) is 12.1 Å². The number of sulfonamides is 1. The summed E-state index contributed by atoms with van der Waals surface area (Å²) in [5.41, 5.74) is 0.456. The molecular weight excluding hydrogens is 234 g/mol. The van der Waals surface area contributed by atoms with Crippen molar-refractivity contribution in [1.29, 1.82) is 0 Å². The second kappa shape index (κ2) is 5.19. The molecule has 1 aromatic rings. The minimum absolute atomic E-state index is 0.0684. The van der Waals surface area contributed by atoms with Crippen LogP contribution in [0.5, 0.6) is 0 Å². The summed E-state index contributed by atoms with van der Waals surface area (Å²) < 4.78 is 26.2. The fraction of sp³-hybridized carbons (Fsp3) is 0.538. The maximum absolute atomic E-state index is 12.3. The van der Waals surface area contributed by atoms with Crippen LogP contribution in [0.25, 0.3) is 0 Å². The molecule has 0 unspecified atom stereocenters. The Labute approximate surface area is 105 Å².